The number of benzene rings is 1. The SMILES string of the molecule is Fc1ccc2[nH]cc(CC3CCC3)c2c1. The summed E-state index contributed by atoms with van der Waals surface area (Å²) >= 11 is 0. The summed E-state index contributed by atoms with van der Waals surface area (Å²) in [7, 11) is 0. The molecule has 3 rings (SSSR count). The fraction of sp³-hybridized carbons (Fsp3) is 0.385. The largest absolute Gasteiger partial charge is 0.361 e. The van der Waals surface area contributed by atoms with Gasteiger partial charge in [-0.25, -0.2) is 4.39 Å². The maximum absolute atomic E-state index is 13.1. The van der Waals surface area contributed by atoms with Crippen LogP contribution in [0.2, 0.25) is 0 Å². The first kappa shape index (κ1) is 8.96. The highest BCUT2D eigenvalue weighted by molar-refractivity contribution is 5.83. The van der Waals surface area contributed by atoms with Crippen molar-refractivity contribution < 1.29 is 4.39 Å². The predicted octanol–water partition coefficient (Wildman–Crippen LogP) is 3.65. The van der Waals surface area contributed by atoms with Gasteiger partial charge < -0.3 is 4.98 Å². The number of aromatic nitrogens is 1. The zero-order valence-electron chi connectivity index (χ0n) is 8.59. The lowest BCUT2D eigenvalue weighted by Crippen LogP contribution is -2.13. The Balaban J connectivity index is 1.98. The minimum absolute atomic E-state index is 0.142. The Bertz CT molecular complexity index is 482. The van der Waals surface area contributed by atoms with Crippen LogP contribution in [0.25, 0.3) is 10.9 Å². The summed E-state index contributed by atoms with van der Waals surface area (Å²) in [5.74, 6) is 0.684. The lowest BCUT2D eigenvalue weighted by atomic mass is 9.81. The molecule has 1 aliphatic rings. The molecule has 0 saturated heterocycles. The molecule has 1 aromatic carbocycles. The van der Waals surface area contributed by atoms with Crippen molar-refractivity contribution in [1.82, 2.24) is 4.98 Å². The van der Waals surface area contributed by atoms with Gasteiger partial charge >= 0.3 is 0 Å². The molecule has 0 radical (unpaired) electrons. The van der Waals surface area contributed by atoms with Crippen LogP contribution >= 0.6 is 0 Å². The first-order valence-corrected chi connectivity index (χ1v) is 5.58. The minimum Gasteiger partial charge on any atom is -0.361 e. The third-order valence-corrected chi connectivity index (χ3v) is 3.46. The molecule has 1 aromatic heterocycles. The Kier molecular flexibility index (Phi) is 2.01. The molecule has 1 fully saturated rings. The van der Waals surface area contributed by atoms with E-state index < -0.39 is 0 Å². The highest BCUT2D eigenvalue weighted by Crippen LogP contribution is 2.32. The molecule has 2 aromatic rings. The van der Waals surface area contributed by atoms with E-state index in [4.69, 9.17) is 0 Å². The van der Waals surface area contributed by atoms with E-state index in [1.165, 1.54) is 30.9 Å². The van der Waals surface area contributed by atoms with Gasteiger partial charge in [-0.05, 0) is 36.1 Å². The van der Waals surface area contributed by atoms with Gasteiger partial charge in [0.25, 0.3) is 0 Å². The van der Waals surface area contributed by atoms with Crippen LogP contribution in [0.15, 0.2) is 24.4 Å². The van der Waals surface area contributed by atoms with Gasteiger partial charge in [0.2, 0.25) is 0 Å². The third kappa shape index (κ3) is 1.54. The Labute approximate surface area is 88.3 Å². The molecular weight excluding hydrogens is 189 g/mol. The Morgan fingerprint density at radius 2 is 2.20 bits per heavy atom. The molecule has 1 aliphatic carbocycles. The zero-order chi connectivity index (χ0) is 10.3. The molecule has 78 valence electrons. The molecule has 2 heteroatoms. The lowest BCUT2D eigenvalue weighted by molar-refractivity contribution is 0.315. The van der Waals surface area contributed by atoms with Crippen molar-refractivity contribution in [3.63, 3.8) is 0 Å². The van der Waals surface area contributed by atoms with E-state index in [0.29, 0.717) is 0 Å². The molecule has 1 N–H and O–H groups in total. The number of H-pyrrole nitrogens is 1. The van der Waals surface area contributed by atoms with E-state index in [1.807, 2.05) is 12.3 Å². The van der Waals surface area contributed by atoms with Gasteiger partial charge in [0, 0.05) is 17.1 Å². The number of halogens is 1. The second-order valence-corrected chi connectivity index (χ2v) is 4.50. The second kappa shape index (κ2) is 3.37. The minimum atomic E-state index is -0.142. The molecule has 0 bridgehead atoms. The van der Waals surface area contributed by atoms with Crippen LogP contribution in [-0.2, 0) is 6.42 Å². The zero-order valence-corrected chi connectivity index (χ0v) is 8.59. The molecule has 0 aliphatic heterocycles. The van der Waals surface area contributed by atoms with Crippen LogP contribution in [0.5, 0.6) is 0 Å². The summed E-state index contributed by atoms with van der Waals surface area (Å²) in [6, 6.07) is 4.96. The average Bonchev–Trinajstić information content (AvgIpc) is 2.54. The summed E-state index contributed by atoms with van der Waals surface area (Å²) in [5, 5.41) is 1.06. The van der Waals surface area contributed by atoms with Crippen molar-refractivity contribution in [2.24, 2.45) is 5.92 Å². The van der Waals surface area contributed by atoms with E-state index in [9.17, 15) is 4.39 Å². The molecule has 0 amide bonds. The van der Waals surface area contributed by atoms with Gasteiger partial charge in [-0.15, -0.1) is 0 Å². The Morgan fingerprint density at radius 3 is 2.93 bits per heavy atom. The van der Waals surface area contributed by atoms with Gasteiger partial charge in [0.1, 0.15) is 5.82 Å². The van der Waals surface area contributed by atoms with Crippen molar-refractivity contribution in [1.29, 1.82) is 0 Å². The van der Waals surface area contributed by atoms with E-state index in [1.54, 1.807) is 6.07 Å². The van der Waals surface area contributed by atoms with E-state index in [2.05, 4.69) is 4.98 Å². The maximum Gasteiger partial charge on any atom is 0.123 e. The van der Waals surface area contributed by atoms with Crippen LogP contribution in [0.3, 0.4) is 0 Å². The van der Waals surface area contributed by atoms with Crippen LogP contribution in [0.4, 0.5) is 4.39 Å². The number of hydrogen-bond donors (Lipinski definition) is 1. The Hall–Kier alpha value is -1.31. The molecule has 1 heterocycles. The molecule has 15 heavy (non-hydrogen) atoms. The number of nitrogens with one attached hydrogen (secondary N) is 1. The van der Waals surface area contributed by atoms with Gasteiger partial charge in [0.05, 0.1) is 0 Å². The van der Waals surface area contributed by atoms with Crippen LogP contribution in [0, 0.1) is 11.7 Å². The molecule has 0 unspecified atom stereocenters. The second-order valence-electron chi connectivity index (χ2n) is 4.50. The summed E-state index contributed by atoms with van der Waals surface area (Å²) in [5.41, 5.74) is 2.32. The van der Waals surface area contributed by atoms with E-state index in [0.717, 1.165) is 23.2 Å². The standard InChI is InChI=1S/C13H14FN/c14-11-4-5-13-12(7-11)10(8-15-13)6-9-2-1-3-9/h4-5,7-9,15H,1-3,6H2. The van der Waals surface area contributed by atoms with Gasteiger partial charge in [-0.1, -0.05) is 19.3 Å². The summed E-state index contributed by atoms with van der Waals surface area (Å²) in [6.07, 6.45) is 7.16. The monoisotopic (exact) mass is 203 g/mol. The van der Waals surface area contributed by atoms with Gasteiger partial charge in [-0.3, -0.25) is 0 Å². The van der Waals surface area contributed by atoms with Crippen LogP contribution in [0.1, 0.15) is 24.8 Å². The van der Waals surface area contributed by atoms with E-state index >= 15 is 0 Å². The molecule has 0 atom stereocenters. The van der Waals surface area contributed by atoms with Crippen LogP contribution < -0.4 is 0 Å². The average molecular weight is 203 g/mol. The number of fused-ring (bicyclic) bond motifs is 1. The van der Waals surface area contributed by atoms with Crippen molar-refractivity contribution in [2.45, 2.75) is 25.7 Å². The first-order chi connectivity index (χ1) is 7.33. The maximum atomic E-state index is 13.1. The third-order valence-electron chi connectivity index (χ3n) is 3.46. The van der Waals surface area contributed by atoms with Gasteiger partial charge in [-0.2, -0.15) is 0 Å². The van der Waals surface area contributed by atoms with Crippen molar-refractivity contribution >= 4 is 10.9 Å². The summed E-state index contributed by atoms with van der Waals surface area (Å²) in [4.78, 5) is 3.20. The molecule has 0 spiro atoms. The fourth-order valence-electron chi connectivity index (χ4n) is 2.33. The van der Waals surface area contributed by atoms with Crippen molar-refractivity contribution in [3.8, 4) is 0 Å². The van der Waals surface area contributed by atoms with Crippen LogP contribution in [-0.4, -0.2) is 4.98 Å². The van der Waals surface area contributed by atoms with Gasteiger partial charge in [0.15, 0.2) is 0 Å². The summed E-state index contributed by atoms with van der Waals surface area (Å²) in [6.45, 7) is 0. The highest BCUT2D eigenvalue weighted by Gasteiger charge is 2.19. The number of aromatic amines is 1. The fourth-order valence-corrected chi connectivity index (χ4v) is 2.33. The summed E-state index contributed by atoms with van der Waals surface area (Å²) < 4.78 is 13.1. The number of hydrogen-bond acceptors (Lipinski definition) is 0. The molecular formula is C13H14FN. The molecule has 1 saturated carbocycles. The van der Waals surface area contributed by atoms with Crippen molar-refractivity contribution in [2.75, 3.05) is 0 Å². The number of rotatable bonds is 2. The van der Waals surface area contributed by atoms with E-state index in [-0.39, 0.29) is 5.82 Å². The Morgan fingerprint density at radius 1 is 1.33 bits per heavy atom. The molecule has 1 nitrogen and oxygen atoms in total. The normalized spacial score (nSPS) is 16.9. The first-order valence-electron chi connectivity index (χ1n) is 5.58. The highest BCUT2D eigenvalue weighted by atomic mass is 19.1. The lowest BCUT2D eigenvalue weighted by Gasteiger charge is -2.24. The predicted molar refractivity (Wildman–Crippen MR) is 59.3 cm³/mol. The van der Waals surface area contributed by atoms with Crippen molar-refractivity contribution in [3.05, 3.63) is 35.8 Å². The smallest absolute Gasteiger partial charge is 0.123 e. The topological polar surface area (TPSA) is 15.8 Å². The quantitative estimate of drug-likeness (QED) is 0.766.